The Balaban J connectivity index is 1.62. The zero-order valence-electron chi connectivity index (χ0n) is 14.4. The Kier molecular flexibility index (Phi) is 4.98. The lowest BCUT2D eigenvalue weighted by Crippen LogP contribution is -2.33. The van der Waals surface area contributed by atoms with Crippen LogP contribution in [0.1, 0.15) is 41.6 Å². The summed E-state index contributed by atoms with van der Waals surface area (Å²) in [5.41, 5.74) is 2.68. The van der Waals surface area contributed by atoms with Gasteiger partial charge in [0.2, 0.25) is 0 Å². The van der Waals surface area contributed by atoms with Crippen LogP contribution in [0.3, 0.4) is 0 Å². The number of benzene rings is 2. The van der Waals surface area contributed by atoms with Crippen LogP contribution >= 0.6 is 11.6 Å². The van der Waals surface area contributed by atoms with Crippen LogP contribution < -0.4 is 4.74 Å². The molecular formula is C21H21ClFNO2. The average molecular weight is 374 g/mol. The van der Waals surface area contributed by atoms with Gasteiger partial charge in [0.1, 0.15) is 17.7 Å². The molecule has 0 aromatic heterocycles. The number of fused-ring (bicyclic) bond motifs is 1. The van der Waals surface area contributed by atoms with Crippen molar-refractivity contribution >= 4 is 17.7 Å². The monoisotopic (exact) mass is 373 g/mol. The molecule has 0 bridgehead atoms. The Morgan fingerprint density at radius 2 is 1.96 bits per heavy atom. The summed E-state index contributed by atoms with van der Waals surface area (Å²) in [6, 6.07) is 10.9. The Labute approximate surface area is 157 Å². The Morgan fingerprint density at radius 3 is 2.69 bits per heavy atom. The zero-order chi connectivity index (χ0) is 18.1. The van der Waals surface area contributed by atoms with Crippen LogP contribution in [0.4, 0.5) is 4.39 Å². The summed E-state index contributed by atoms with van der Waals surface area (Å²) in [6.45, 7) is 1.85. The number of halogens is 2. The maximum Gasteiger partial charge on any atom is 0.145 e. The van der Waals surface area contributed by atoms with E-state index < -0.39 is 6.10 Å². The second-order valence-electron chi connectivity index (χ2n) is 6.86. The fourth-order valence-electron chi connectivity index (χ4n) is 3.80. The van der Waals surface area contributed by atoms with Crippen molar-refractivity contribution in [3.05, 3.63) is 70.0 Å². The minimum absolute atomic E-state index is 0.108. The second kappa shape index (κ2) is 7.39. The summed E-state index contributed by atoms with van der Waals surface area (Å²) in [5, 5.41) is 9.67. The highest BCUT2D eigenvalue weighted by Gasteiger charge is 2.27. The molecule has 1 saturated heterocycles. The van der Waals surface area contributed by atoms with Crippen molar-refractivity contribution in [2.24, 2.45) is 0 Å². The average Bonchev–Trinajstić information content (AvgIpc) is 2.67. The Bertz CT molecular complexity index is 831. The molecule has 1 atom stereocenters. The highest BCUT2D eigenvalue weighted by atomic mass is 35.5. The molecule has 0 amide bonds. The van der Waals surface area contributed by atoms with Gasteiger partial charge in [-0.25, -0.2) is 4.39 Å². The highest BCUT2D eigenvalue weighted by molar-refractivity contribution is 6.30. The van der Waals surface area contributed by atoms with E-state index in [1.54, 1.807) is 12.1 Å². The smallest absolute Gasteiger partial charge is 0.145 e. The molecular weight excluding hydrogens is 353 g/mol. The van der Waals surface area contributed by atoms with Gasteiger partial charge in [0.15, 0.2) is 0 Å². The number of piperidine rings is 1. The first-order valence-electron chi connectivity index (χ1n) is 8.91. The van der Waals surface area contributed by atoms with Gasteiger partial charge < -0.3 is 9.84 Å². The maximum atomic E-state index is 14.3. The van der Waals surface area contributed by atoms with Gasteiger partial charge in [-0.1, -0.05) is 41.9 Å². The first kappa shape index (κ1) is 17.5. The molecule has 5 heteroatoms. The summed E-state index contributed by atoms with van der Waals surface area (Å²) in [4.78, 5) is 2.04. The van der Waals surface area contributed by atoms with E-state index in [0.29, 0.717) is 16.5 Å². The third-order valence-electron chi connectivity index (χ3n) is 5.27. The summed E-state index contributed by atoms with van der Waals surface area (Å²) >= 11 is 5.87. The molecule has 4 rings (SSSR count). The van der Waals surface area contributed by atoms with Crippen molar-refractivity contribution in [3.63, 3.8) is 0 Å². The summed E-state index contributed by atoms with van der Waals surface area (Å²) in [6.07, 6.45) is 5.38. The van der Waals surface area contributed by atoms with Crippen molar-refractivity contribution < 1.29 is 14.2 Å². The predicted octanol–water partition coefficient (Wildman–Crippen LogP) is 4.76. The van der Waals surface area contributed by atoms with Gasteiger partial charge in [0.25, 0.3) is 0 Å². The summed E-state index contributed by atoms with van der Waals surface area (Å²) in [7, 11) is 0. The number of aliphatic hydroxyl groups is 1. The summed E-state index contributed by atoms with van der Waals surface area (Å²) in [5.74, 6) is 0.871. The fraction of sp³-hybridized carbons (Fsp3) is 0.333. The fourth-order valence-corrected chi connectivity index (χ4v) is 3.96. The molecule has 2 aromatic carbocycles. The first-order valence-corrected chi connectivity index (χ1v) is 9.29. The first-order chi connectivity index (χ1) is 12.7. The van der Waals surface area contributed by atoms with Crippen molar-refractivity contribution in [1.29, 1.82) is 0 Å². The molecule has 3 nitrogen and oxygen atoms in total. The van der Waals surface area contributed by atoms with E-state index in [-0.39, 0.29) is 12.5 Å². The van der Waals surface area contributed by atoms with E-state index >= 15 is 0 Å². The minimum Gasteiger partial charge on any atom is -0.481 e. The molecule has 2 aliphatic rings. The van der Waals surface area contributed by atoms with Gasteiger partial charge in [-0.3, -0.25) is 4.90 Å². The molecule has 1 N–H and O–H groups in total. The minimum atomic E-state index is -0.460. The molecule has 2 aromatic rings. The Hall–Kier alpha value is -1.88. The lowest BCUT2D eigenvalue weighted by atomic mass is 9.87. The van der Waals surface area contributed by atoms with E-state index in [4.69, 9.17) is 16.3 Å². The standard InChI is InChI=1S/C21H21ClFNO2/c22-16-5-6-18(19(23)12-16)20-7-4-15-2-1-3-17(21(15)26-20)14-8-10-24(13-25)11-9-14/h1-7,12,14,20,25H,8-11,13H2/t20-/m1/s1. The quantitative estimate of drug-likeness (QED) is 0.842. The largest absolute Gasteiger partial charge is 0.481 e. The van der Waals surface area contributed by atoms with Gasteiger partial charge in [-0.05, 0) is 42.5 Å². The van der Waals surface area contributed by atoms with Crippen LogP contribution in [0.2, 0.25) is 5.02 Å². The molecule has 26 heavy (non-hydrogen) atoms. The number of para-hydroxylation sites is 1. The predicted molar refractivity (Wildman–Crippen MR) is 101 cm³/mol. The molecule has 0 spiro atoms. The number of nitrogens with zero attached hydrogens (tertiary/aromatic N) is 1. The van der Waals surface area contributed by atoms with E-state index in [1.807, 2.05) is 29.2 Å². The van der Waals surface area contributed by atoms with Crippen LogP contribution in [-0.2, 0) is 0 Å². The van der Waals surface area contributed by atoms with Crippen molar-refractivity contribution in [2.75, 3.05) is 19.8 Å². The molecule has 2 heterocycles. The number of rotatable bonds is 3. The third-order valence-corrected chi connectivity index (χ3v) is 5.50. The van der Waals surface area contributed by atoms with Gasteiger partial charge in [-0.15, -0.1) is 0 Å². The molecule has 0 aliphatic carbocycles. The van der Waals surface area contributed by atoms with Crippen LogP contribution in [0, 0.1) is 5.82 Å². The Morgan fingerprint density at radius 1 is 1.15 bits per heavy atom. The van der Waals surface area contributed by atoms with Gasteiger partial charge in [-0.2, -0.15) is 0 Å². The van der Waals surface area contributed by atoms with Gasteiger partial charge in [0, 0.05) is 29.2 Å². The van der Waals surface area contributed by atoms with Gasteiger partial charge in [0.05, 0.1) is 6.73 Å². The van der Waals surface area contributed by atoms with Crippen molar-refractivity contribution in [2.45, 2.75) is 24.9 Å². The van der Waals surface area contributed by atoms with Gasteiger partial charge >= 0.3 is 0 Å². The van der Waals surface area contributed by atoms with Crippen molar-refractivity contribution in [1.82, 2.24) is 4.90 Å². The van der Waals surface area contributed by atoms with Crippen LogP contribution in [0.15, 0.2) is 42.5 Å². The van der Waals surface area contributed by atoms with E-state index in [9.17, 15) is 9.50 Å². The topological polar surface area (TPSA) is 32.7 Å². The molecule has 0 radical (unpaired) electrons. The number of aliphatic hydroxyl groups excluding tert-OH is 1. The third kappa shape index (κ3) is 3.37. The van der Waals surface area contributed by atoms with E-state index in [2.05, 4.69) is 6.07 Å². The number of hydrogen-bond donors (Lipinski definition) is 1. The number of ether oxygens (including phenoxy) is 1. The normalized spacial score (nSPS) is 20.7. The molecule has 2 aliphatic heterocycles. The van der Waals surface area contributed by atoms with Crippen LogP contribution in [0.5, 0.6) is 5.75 Å². The van der Waals surface area contributed by atoms with Crippen LogP contribution in [-0.4, -0.2) is 29.8 Å². The zero-order valence-corrected chi connectivity index (χ0v) is 15.1. The number of hydrogen-bond acceptors (Lipinski definition) is 3. The van der Waals surface area contributed by atoms with Crippen LogP contribution in [0.25, 0.3) is 6.08 Å². The number of likely N-dealkylation sites (tertiary alicyclic amines) is 1. The van der Waals surface area contributed by atoms with E-state index in [0.717, 1.165) is 37.2 Å². The van der Waals surface area contributed by atoms with E-state index in [1.165, 1.54) is 11.6 Å². The molecule has 1 fully saturated rings. The maximum absolute atomic E-state index is 14.3. The van der Waals surface area contributed by atoms with Crippen molar-refractivity contribution in [3.8, 4) is 5.75 Å². The highest BCUT2D eigenvalue weighted by Crippen LogP contribution is 2.42. The molecule has 0 saturated carbocycles. The lowest BCUT2D eigenvalue weighted by Gasteiger charge is -2.33. The SMILES string of the molecule is OCN1CCC(c2cccc3c2O[C@@H](c2ccc(Cl)cc2F)C=C3)CC1. The molecule has 0 unspecified atom stereocenters. The molecule has 136 valence electrons. The lowest BCUT2D eigenvalue weighted by molar-refractivity contribution is 0.0832. The second-order valence-corrected chi connectivity index (χ2v) is 7.30. The summed E-state index contributed by atoms with van der Waals surface area (Å²) < 4.78 is 20.6.